The van der Waals surface area contributed by atoms with Crippen molar-refractivity contribution in [3.8, 4) is 17.2 Å². The predicted octanol–water partition coefficient (Wildman–Crippen LogP) is 1.87. The van der Waals surface area contributed by atoms with E-state index in [2.05, 4.69) is 0 Å². The normalized spacial score (nSPS) is 13.8. The fraction of sp³-hybridized carbons (Fsp3) is 0.571. The second kappa shape index (κ2) is 7.21. The molecule has 108 valence electrons. The summed E-state index contributed by atoms with van der Waals surface area (Å²) >= 11 is 0. The zero-order chi connectivity index (χ0) is 14.4. The summed E-state index contributed by atoms with van der Waals surface area (Å²) in [6, 6.07) is 3.06. The van der Waals surface area contributed by atoms with Gasteiger partial charge in [0.1, 0.15) is 0 Å². The minimum absolute atomic E-state index is 0.478. The van der Waals surface area contributed by atoms with E-state index in [0.29, 0.717) is 23.7 Å². The first-order chi connectivity index (χ1) is 9.08. The largest absolute Gasteiger partial charge is 0.493 e. The van der Waals surface area contributed by atoms with Gasteiger partial charge in [-0.25, -0.2) is 0 Å². The van der Waals surface area contributed by atoms with Crippen molar-refractivity contribution in [1.82, 2.24) is 0 Å². The summed E-state index contributed by atoms with van der Waals surface area (Å²) in [4.78, 5) is 0. The minimum atomic E-state index is -0.590. The van der Waals surface area contributed by atoms with E-state index in [1.54, 1.807) is 33.5 Å². The van der Waals surface area contributed by atoms with Crippen LogP contribution in [0.3, 0.4) is 0 Å². The number of rotatable bonds is 7. The van der Waals surface area contributed by atoms with Crippen molar-refractivity contribution in [1.29, 1.82) is 0 Å². The average molecular weight is 269 g/mol. The minimum Gasteiger partial charge on any atom is -0.493 e. The number of methoxy groups -OCH3 is 3. The van der Waals surface area contributed by atoms with Crippen LogP contribution in [0.25, 0.3) is 0 Å². The van der Waals surface area contributed by atoms with Gasteiger partial charge in [-0.15, -0.1) is 0 Å². The molecule has 0 unspecified atom stereocenters. The molecule has 0 saturated heterocycles. The summed E-state index contributed by atoms with van der Waals surface area (Å²) in [5.41, 5.74) is 6.82. The molecule has 19 heavy (non-hydrogen) atoms. The van der Waals surface area contributed by atoms with E-state index in [1.165, 1.54) is 0 Å². The van der Waals surface area contributed by atoms with Gasteiger partial charge in [-0.05, 0) is 24.1 Å². The number of hydrogen-bond acceptors (Lipinski definition) is 5. The second-order valence-electron chi connectivity index (χ2n) is 4.34. The fourth-order valence-electron chi connectivity index (χ4n) is 1.99. The highest BCUT2D eigenvalue weighted by molar-refractivity contribution is 5.54. The number of benzene rings is 1. The Kier molecular flexibility index (Phi) is 5.92. The lowest BCUT2D eigenvalue weighted by atomic mass is 9.98. The lowest BCUT2D eigenvalue weighted by Crippen LogP contribution is -2.26. The zero-order valence-electron chi connectivity index (χ0n) is 12.0. The van der Waals surface area contributed by atoms with Crippen LogP contribution < -0.4 is 19.9 Å². The van der Waals surface area contributed by atoms with Gasteiger partial charge in [-0.2, -0.15) is 0 Å². The molecule has 0 bridgehead atoms. The van der Waals surface area contributed by atoms with E-state index < -0.39 is 12.1 Å². The summed E-state index contributed by atoms with van der Waals surface area (Å²) in [5.74, 6) is 1.60. The molecule has 0 radical (unpaired) electrons. The van der Waals surface area contributed by atoms with Crippen molar-refractivity contribution in [3.05, 3.63) is 17.7 Å². The third kappa shape index (κ3) is 3.52. The highest BCUT2D eigenvalue weighted by atomic mass is 16.5. The number of aliphatic hydroxyl groups is 1. The monoisotopic (exact) mass is 269 g/mol. The quantitative estimate of drug-likeness (QED) is 0.790. The van der Waals surface area contributed by atoms with E-state index in [1.807, 2.05) is 6.92 Å². The first-order valence-electron chi connectivity index (χ1n) is 6.32. The molecule has 0 aliphatic rings. The maximum atomic E-state index is 9.99. The van der Waals surface area contributed by atoms with E-state index in [-0.39, 0.29) is 0 Å². The first-order valence-corrected chi connectivity index (χ1v) is 6.32. The van der Waals surface area contributed by atoms with Gasteiger partial charge in [0.05, 0.1) is 33.5 Å². The van der Waals surface area contributed by atoms with E-state index in [9.17, 15) is 5.11 Å². The molecule has 1 rings (SSSR count). The molecule has 1 aromatic rings. The number of nitrogens with two attached hydrogens (primary N) is 1. The molecule has 5 heteroatoms. The van der Waals surface area contributed by atoms with Crippen LogP contribution in [0.5, 0.6) is 17.2 Å². The summed E-state index contributed by atoms with van der Waals surface area (Å²) in [6.45, 7) is 2.01. The van der Waals surface area contributed by atoms with Crippen molar-refractivity contribution in [2.45, 2.75) is 31.9 Å². The summed E-state index contributed by atoms with van der Waals surface area (Å²) in [5, 5.41) is 9.99. The highest BCUT2D eigenvalue weighted by Gasteiger charge is 2.21. The molecule has 3 N–H and O–H groups in total. The Bertz CT molecular complexity index is 383. The third-order valence-corrected chi connectivity index (χ3v) is 3.07. The molecule has 0 fully saturated rings. The Morgan fingerprint density at radius 2 is 1.63 bits per heavy atom. The Labute approximate surface area is 114 Å². The van der Waals surface area contributed by atoms with Crippen LogP contribution in [-0.4, -0.2) is 32.5 Å². The van der Waals surface area contributed by atoms with Gasteiger partial charge in [0.15, 0.2) is 11.5 Å². The fourth-order valence-corrected chi connectivity index (χ4v) is 1.99. The SMILES string of the molecule is CCC[C@H](O)[C@H](N)c1cc(OC)c(OC)c(OC)c1. The Morgan fingerprint density at radius 3 is 2.00 bits per heavy atom. The summed E-state index contributed by atoms with van der Waals surface area (Å²) in [6.07, 6.45) is 0.935. The summed E-state index contributed by atoms with van der Waals surface area (Å²) < 4.78 is 15.8. The van der Waals surface area contributed by atoms with Gasteiger partial charge in [-0.3, -0.25) is 0 Å². The lowest BCUT2D eigenvalue weighted by molar-refractivity contribution is 0.134. The van der Waals surface area contributed by atoms with E-state index >= 15 is 0 Å². The van der Waals surface area contributed by atoms with Crippen molar-refractivity contribution < 1.29 is 19.3 Å². The molecule has 1 aromatic carbocycles. The molecule has 0 heterocycles. The van der Waals surface area contributed by atoms with Gasteiger partial charge in [-0.1, -0.05) is 13.3 Å². The van der Waals surface area contributed by atoms with Crippen LogP contribution in [-0.2, 0) is 0 Å². The molecule has 0 saturated carbocycles. The standard InChI is InChI=1S/C14H23NO4/c1-5-6-10(16)13(15)9-7-11(17-2)14(19-4)12(8-9)18-3/h7-8,10,13,16H,5-6,15H2,1-4H3/t10-,13+/m0/s1. The van der Waals surface area contributed by atoms with Crippen molar-refractivity contribution in [2.24, 2.45) is 5.73 Å². The van der Waals surface area contributed by atoms with Crippen molar-refractivity contribution in [2.75, 3.05) is 21.3 Å². The lowest BCUT2D eigenvalue weighted by Gasteiger charge is -2.21. The molecule has 2 atom stereocenters. The van der Waals surface area contributed by atoms with Gasteiger partial charge in [0.2, 0.25) is 5.75 Å². The van der Waals surface area contributed by atoms with E-state index in [0.717, 1.165) is 12.0 Å². The predicted molar refractivity (Wildman–Crippen MR) is 73.9 cm³/mol. The Morgan fingerprint density at radius 1 is 1.11 bits per heavy atom. The van der Waals surface area contributed by atoms with Crippen molar-refractivity contribution >= 4 is 0 Å². The average Bonchev–Trinajstić information content (AvgIpc) is 2.44. The Hall–Kier alpha value is -1.46. The molecular formula is C14H23NO4. The maximum absolute atomic E-state index is 9.99. The van der Waals surface area contributed by atoms with Crippen LogP contribution in [0.2, 0.25) is 0 Å². The van der Waals surface area contributed by atoms with Gasteiger partial charge in [0.25, 0.3) is 0 Å². The van der Waals surface area contributed by atoms with Gasteiger partial charge < -0.3 is 25.1 Å². The maximum Gasteiger partial charge on any atom is 0.203 e. The number of aliphatic hydroxyl groups excluding tert-OH is 1. The van der Waals surface area contributed by atoms with Crippen molar-refractivity contribution in [3.63, 3.8) is 0 Å². The third-order valence-electron chi connectivity index (χ3n) is 3.07. The van der Waals surface area contributed by atoms with Crippen LogP contribution >= 0.6 is 0 Å². The second-order valence-corrected chi connectivity index (χ2v) is 4.34. The van der Waals surface area contributed by atoms with Crippen LogP contribution in [0.4, 0.5) is 0 Å². The smallest absolute Gasteiger partial charge is 0.203 e. The molecule has 5 nitrogen and oxygen atoms in total. The molecular weight excluding hydrogens is 246 g/mol. The molecule has 0 aliphatic heterocycles. The number of hydrogen-bond donors (Lipinski definition) is 2. The van der Waals surface area contributed by atoms with Crippen LogP contribution in [0, 0.1) is 0 Å². The van der Waals surface area contributed by atoms with Gasteiger partial charge in [0, 0.05) is 0 Å². The topological polar surface area (TPSA) is 73.9 Å². The molecule has 0 aromatic heterocycles. The highest BCUT2D eigenvalue weighted by Crippen LogP contribution is 2.39. The molecule has 0 amide bonds. The first kappa shape index (κ1) is 15.6. The summed E-state index contributed by atoms with van der Waals surface area (Å²) in [7, 11) is 4.65. The van der Waals surface area contributed by atoms with Gasteiger partial charge >= 0.3 is 0 Å². The van der Waals surface area contributed by atoms with Crippen LogP contribution in [0.1, 0.15) is 31.4 Å². The molecule has 0 spiro atoms. The van der Waals surface area contributed by atoms with E-state index in [4.69, 9.17) is 19.9 Å². The van der Waals surface area contributed by atoms with Crippen LogP contribution in [0.15, 0.2) is 12.1 Å². The number of ether oxygens (including phenoxy) is 3. The zero-order valence-corrected chi connectivity index (χ0v) is 12.0. The molecule has 0 aliphatic carbocycles. The Balaban J connectivity index is 3.15.